The molecule has 2 aromatic rings. The van der Waals surface area contributed by atoms with Crippen LogP contribution in [0.1, 0.15) is 35.8 Å². The number of carbonyl (C=O) groups is 2. The Bertz CT molecular complexity index is 685. The summed E-state index contributed by atoms with van der Waals surface area (Å²) < 4.78 is 10.5. The van der Waals surface area contributed by atoms with Gasteiger partial charge in [0.25, 0.3) is 5.91 Å². The van der Waals surface area contributed by atoms with E-state index < -0.39 is 5.97 Å². The highest BCUT2D eigenvalue weighted by molar-refractivity contribution is 5.92. The summed E-state index contributed by atoms with van der Waals surface area (Å²) in [4.78, 5) is 23.9. The lowest BCUT2D eigenvalue weighted by Crippen LogP contribution is -2.31. The van der Waals surface area contributed by atoms with Crippen LogP contribution in [0.5, 0.6) is 5.75 Å². The number of benzene rings is 2. The zero-order valence-electron chi connectivity index (χ0n) is 13.8. The number of nitrogens with one attached hydrogen (secondary N) is 1. The zero-order valence-corrected chi connectivity index (χ0v) is 13.8. The largest absolute Gasteiger partial charge is 0.483 e. The first-order valence-corrected chi connectivity index (χ1v) is 7.85. The highest BCUT2D eigenvalue weighted by Crippen LogP contribution is 2.19. The van der Waals surface area contributed by atoms with Gasteiger partial charge >= 0.3 is 5.97 Å². The lowest BCUT2D eigenvalue weighted by molar-refractivity contribution is -0.123. The lowest BCUT2D eigenvalue weighted by atomic mass is 10.1. The Morgan fingerprint density at radius 1 is 1.04 bits per heavy atom. The average Bonchev–Trinajstić information content (AvgIpc) is 2.61. The Kier molecular flexibility index (Phi) is 6.37. The highest BCUT2D eigenvalue weighted by atomic mass is 16.5. The van der Waals surface area contributed by atoms with Gasteiger partial charge in [0.2, 0.25) is 0 Å². The summed E-state index contributed by atoms with van der Waals surface area (Å²) in [6.45, 7) is 3.75. The molecule has 0 saturated heterocycles. The van der Waals surface area contributed by atoms with Crippen molar-refractivity contribution in [3.05, 3.63) is 65.7 Å². The molecule has 0 aliphatic rings. The van der Waals surface area contributed by atoms with E-state index in [2.05, 4.69) is 5.32 Å². The molecular weight excluding hydrogens is 306 g/mol. The summed E-state index contributed by atoms with van der Waals surface area (Å²) in [6, 6.07) is 16.2. The first-order valence-electron chi connectivity index (χ1n) is 7.85. The van der Waals surface area contributed by atoms with Crippen LogP contribution in [0.15, 0.2) is 54.6 Å². The minimum atomic E-state index is -0.467. The summed E-state index contributed by atoms with van der Waals surface area (Å²) in [6.07, 6.45) is 0. The van der Waals surface area contributed by atoms with Gasteiger partial charge < -0.3 is 14.8 Å². The summed E-state index contributed by atoms with van der Waals surface area (Å²) in [5, 5.41) is 2.86. The molecule has 2 rings (SSSR count). The Morgan fingerprint density at radius 2 is 1.71 bits per heavy atom. The molecule has 0 heterocycles. The molecule has 0 aromatic heterocycles. The van der Waals surface area contributed by atoms with Crippen molar-refractivity contribution in [2.45, 2.75) is 19.9 Å². The fourth-order valence-electron chi connectivity index (χ4n) is 2.22. The van der Waals surface area contributed by atoms with Crippen LogP contribution in [0.3, 0.4) is 0 Å². The minimum absolute atomic E-state index is 0.123. The highest BCUT2D eigenvalue weighted by Gasteiger charge is 2.15. The van der Waals surface area contributed by atoms with Crippen molar-refractivity contribution in [1.82, 2.24) is 5.32 Å². The van der Waals surface area contributed by atoms with Gasteiger partial charge in [-0.1, -0.05) is 42.5 Å². The predicted octanol–water partition coefficient (Wildman–Crippen LogP) is 3.12. The molecule has 0 radical (unpaired) electrons. The molecule has 0 fully saturated rings. The number of carbonyl (C=O) groups excluding carboxylic acids is 2. The van der Waals surface area contributed by atoms with Crippen molar-refractivity contribution < 1.29 is 19.1 Å². The van der Waals surface area contributed by atoms with Gasteiger partial charge in [0.05, 0.1) is 12.6 Å². The molecule has 1 atom stereocenters. The number of hydrogen-bond donors (Lipinski definition) is 1. The number of rotatable bonds is 7. The van der Waals surface area contributed by atoms with Gasteiger partial charge in [-0.2, -0.15) is 0 Å². The SMILES string of the molecule is CCOC(=O)c1ccccc1OCC(=O)N[C@@H](C)c1ccccc1. The van der Waals surface area contributed by atoms with Gasteiger partial charge in [-0.3, -0.25) is 4.79 Å². The Morgan fingerprint density at radius 3 is 2.42 bits per heavy atom. The molecule has 5 heteroatoms. The number of ether oxygens (including phenoxy) is 2. The molecule has 24 heavy (non-hydrogen) atoms. The maximum Gasteiger partial charge on any atom is 0.341 e. The molecule has 126 valence electrons. The second-order valence-electron chi connectivity index (χ2n) is 5.21. The van der Waals surface area contributed by atoms with Crippen molar-refractivity contribution in [3.63, 3.8) is 0 Å². The molecule has 0 aliphatic carbocycles. The summed E-state index contributed by atoms with van der Waals surface area (Å²) in [5.74, 6) is -0.394. The maximum atomic E-state index is 12.1. The number of amides is 1. The first kappa shape index (κ1) is 17.5. The average molecular weight is 327 g/mol. The Labute approximate surface area is 141 Å². The predicted molar refractivity (Wildman–Crippen MR) is 90.9 cm³/mol. The van der Waals surface area contributed by atoms with Crippen LogP contribution in [0.2, 0.25) is 0 Å². The molecule has 0 unspecified atom stereocenters. The van der Waals surface area contributed by atoms with E-state index in [0.717, 1.165) is 5.56 Å². The molecule has 0 spiro atoms. The third-order valence-electron chi connectivity index (χ3n) is 3.42. The van der Waals surface area contributed by atoms with Crippen molar-refractivity contribution >= 4 is 11.9 Å². The van der Waals surface area contributed by atoms with Crippen LogP contribution in [0.4, 0.5) is 0 Å². The number of para-hydroxylation sites is 1. The van der Waals surface area contributed by atoms with Crippen LogP contribution in [-0.4, -0.2) is 25.1 Å². The number of esters is 1. The molecule has 0 bridgehead atoms. The fraction of sp³-hybridized carbons (Fsp3) is 0.263. The van der Waals surface area contributed by atoms with E-state index in [-0.39, 0.29) is 25.2 Å². The summed E-state index contributed by atoms with van der Waals surface area (Å²) in [7, 11) is 0. The topological polar surface area (TPSA) is 64.6 Å². The maximum absolute atomic E-state index is 12.1. The van der Waals surface area contributed by atoms with Crippen molar-refractivity contribution in [2.24, 2.45) is 0 Å². The van der Waals surface area contributed by atoms with E-state index in [9.17, 15) is 9.59 Å². The third kappa shape index (κ3) is 4.84. The van der Waals surface area contributed by atoms with Crippen LogP contribution >= 0.6 is 0 Å². The van der Waals surface area contributed by atoms with Gasteiger partial charge in [-0.05, 0) is 31.5 Å². The normalized spacial score (nSPS) is 11.4. The Balaban J connectivity index is 1.93. The van der Waals surface area contributed by atoms with Crippen molar-refractivity contribution in [1.29, 1.82) is 0 Å². The molecule has 0 saturated carbocycles. The van der Waals surface area contributed by atoms with E-state index >= 15 is 0 Å². The smallest absolute Gasteiger partial charge is 0.341 e. The van der Waals surface area contributed by atoms with E-state index in [1.54, 1.807) is 31.2 Å². The van der Waals surface area contributed by atoms with Gasteiger partial charge in [0.15, 0.2) is 6.61 Å². The first-order chi connectivity index (χ1) is 11.6. The molecular formula is C19H21NO4. The molecule has 1 N–H and O–H groups in total. The van der Waals surface area contributed by atoms with E-state index in [1.807, 2.05) is 37.3 Å². The second-order valence-corrected chi connectivity index (χ2v) is 5.21. The monoisotopic (exact) mass is 327 g/mol. The van der Waals surface area contributed by atoms with Crippen LogP contribution in [-0.2, 0) is 9.53 Å². The molecule has 1 amide bonds. The molecule has 0 aliphatic heterocycles. The molecule has 5 nitrogen and oxygen atoms in total. The minimum Gasteiger partial charge on any atom is -0.483 e. The zero-order chi connectivity index (χ0) is 17.4. The van der Waals surface area contributed by atoms with E-state index in [1.165, 1.54) is 0 Å². The number of hydrogen-bond acceptors (Lipinski definition) is 4. The van der Waals surface area contributed by atoms with Crippen molar-refractivity contribution in [2.75, 3.05) is 13.2 Å². The standard InChI is InChI=1S/C19H21NO4/c1-3-23-19(22)16-11-7-8-12-17(16)24-13-18(21)20-14(2)15-9-5-4-6-10-15/h4-12,14H,3,13H2,1-2H3,(H,20,21)/t14-/m0/s1. The van der Waals surface area contributed by atoms with E-state index in [0.29, 0.717) is 11.3 Å². The van der Waals surface area contributed by atoms with E-state index in [4.69, 9.17) is 9.47 Å². The van der Waals surface area contributed by atoms with Gasteiger partial charge in [-0.25, -0.2) is 4.79 Å². The van der Waals surface area contributed by atoms with Crippen LogP contribution in [0, 0.1) is 0 Å². The Hall–Kier alpha value is -2.82. The second kappa shape index (κ2) is 8.72. The fourth-order valence-corrected chi connectivity index (χ4v) is 2.22. The summed E-state index contributed by atoms with van der Waals surface area (Å²) in [5.41, 5.74) is 1.32. The van der Waals surface area contributed by atoms with Crippen LogP contribution in [0.25, 0.3) is 0 Å². The van der Waals surface area contributed by atoms with Gasteiger partial charge in [0.1, 0.15) is 11.3 Å². The third-order valence-corrected chi connectivity index (χ3v) is 3.42. The van der Waals surface area contributed by atoms with Gasteiger partial charge in [0, 0.05) is 0 Å². The quantitative estimate of drug-likeness (QED) is 0.794. The van der Waals surface area contributed by atoms with Crippen molar-refractivity contribution in [3.8, 4) is 5.75 Å². The summed E-state index contributed by atoms with van der Waals surface area (Å²) >= 11 is 0. The molecule has 2 aromatic carbocycles. The lowest BCUT2D eigenvalue weighted by Gasteiger charge is -2.15. The van der Waals surface area contributed by atoms with Crippen LogP contribution < -0.4 is 10.1 Å². The van der Waals surface area contributed by atoms with Gasteiger partial charge in [-0.15, -0.1) is 0 Å².